The van der Waals surface area contributed by atoms with Crippen molar-refractivity contribution < 1.29 is 23.8 Å². The maximum absolute atomic E-state index is 12.8. The third kappa shape index (κ3) is 3.39. The molecule has 0 spiro atoms. The van der Waals surface area contributed by atoms with E-state index >= 15 is 0 Å². The van der Waals surface area contributed by atoms with Crippen molar-refractivity contribution in [3.05, 3.63) is 29.5 Å². The Morgan fingerprint density at radius 3 is 2.69 bits per heavy atom. The topological polar surface area (TPSA) is 115 Å². The Morgan fingerprint density at radius 1 is 1.31 bits per heavy atom. The lowest BCUT2D eigenvalue weighted by Crippen LogP contribution is -2.46. The summed E-state index contributed by atoms with van der Waals surface area (Å²) in [6.07, 6.45) is 4.32. The summed E-state index contributed by atoms with van der Waals surface area (Å²) in [4.78, 5) is 24.1. The Hall–Kier alpha value is -2.54. The van der Waals surface area contributed by atoms with E-state index in [0.29, 0.717) is 40.6 Å². The predicted molar refractivity (Wildman–Crippen MR) is 93.9 cm³/mol. The molecule has 1 atom stereocenters. The highest BCUT2D eigenvalue weighted by atomic mass is 16.5. The summed E-state index contributed by atoms with van der Waals surface area (Å²) in [5, 5.41) is 12.4. The van der Waals surface area contributed by atoms with Gasteiger partial charge in [0.15, 0.2) is 0 Å². The number of aliphatic hydroxyl groups is 1. The first-order chi connectivity index (χ1) is 12.6. The molecular weight excluding hydrogens is 336 g/mol. The number of rotatable bonds is 8. The molecule has 4 N–H and O–H groups in total. The standard InChI is InChI=1S/C19H22N2O5/c20-18(23)14(8-22)21-19(24)16-13-7-12(25-9-10-1-2-10)5-6-15(13)26-17(16)11-3-4-11/h5-7,10-11,14,22H,1-4,8-9H2,(H2,20,23)(H,21,24)/t14-/m0/s1. The highest BCUT2D eigenvalue weighted by molar-refractivity contribution is 6.09. The van der Waals surface area contributed by atoms with Crippen molar-refractivity contribution in [3.8, 4) is 5.75 Å². The number of ether oxygens (including phenoxy) is 1. The number of primary amides is 1. The van der Waals surface area contributed by atoms with Gasteiger partial charge in [0.1, 0.15) is 23.1 Å². The van der Waals surface area contributed by atoms with E-state index in [9.17, 15) is 14.7 Å². The number of nitrogens with two attached hydrogens (primary N) is 1. The van der Waals surface area contributed by atoms with Gasteiger partial charge in [-0.2, -0.15) is 0 Å². The number of benzene rings is 1. The zero-order chi connectivity index (χ0) is 18.3. The Balaban J connectivity index is 1.67. The van der Waals surface area contributed by atoms with Gasteiger partial charge in [-0.15, -0.1) is 0 Å². The fourth-order valence-corrected chi connectivity index (χ4v) is 2.99. The largest absolute Gasteiger partial charge is 0.493 e. The molecule has 2 saturated carbocycles. The van der Waals surface area contributed by atoms with E-state index in [-0.39, 0.29) is 5.92 Å². The minimum Gasteiger partial charge on any atom is -0.493 e. The molecule has 1 heterocycles. The van der Waals surface area contributed by atoms with Crippen LogP contribution in [0.25, 0.3) is 11.0 Å². The monoisotopic (exact) mass is 358 g/mol. The van der Waals surface area contributed by atoms with E-state index in [4.69, 9.17) is 14.9 Å². The number of carbonyl (C=O) groups is 2. The van der Waals surface area contributed by atoms with Crippen molar-refractivity contribution >= 4 is 22.8 Å². The quantitative estimate of drug-likeness (QED) is 0.664. The molecule has 2 fully saturated rings. The van der Waals surface area contributed by atoms with E-state index < -0.39 is 24.5 Å². The van der Waals surface area contributed by atoms with Crippen LogP contribution in [0.1, 0.15) is 47.7 Å². The summed E-state index contributed by atoms with van der Waals surface area (Å²) in [7, 11) is 0. The molecule has 1 aromatic heterocycles. The van der Waals surface area contributed by atoms with Crippen molar-refractivity contribution in [2.45, 2.75) is 37.6 Å². The smallest absolute Gasteiger partial charge is 0.256 e. The average molecular weight is 358 g/mol. The molecule has 2 aromatic rings. The number of furan rings is 1. The van der Waals surface area contributed by atoms with Gasteiger partial charge >= 0.3 is 0 Å². The molecule has 2 amide bonds. The van der Waals surface area contributed by atoms with Crippen LogP contribution < -0.4 is 15.8 Å². The molecule has 138 valence electrons. The van der Waals surface area contributed by atoms with E-state index in [0.717, 1.165) is 12.8 Å². The zero-order valence-corrected chi connectivity index (χ0v) is 14.4. The van der Waals surface area contributed by atoms with Crippen LogP contribution in [0.4, 0.5) is 0 Å². The Bertz CT molecular complexity index is 851. The second kappa shape index (κ2) is 6.64. The molecule has 1 aromatic carbocycles. The fraction of sp³-hybridized carbons (Fsp3) is 0.474. The molecule has 7 nitrogen and oxygen atoms in total. The number of aliphatic hydroxyl groups excluding tert-OH is 1. The Kier molecular flexibility index (Phi) is 4.32. The molecular formula is C19H22N2O5. The molecule has 26 heavy (non-hydrogen) atoms. The van der Waals surface area contributed by atoms with Crippen molar-refractivity contribution in [1.82, 2.24) is 5.32 Å². The lowest BCUT2D eigenvalue weighted by molar-refractivity contribution is -0.120. The van der Waals surface area contributed by atoms with Crippen LogP contribution in [-0.2, 0) is 4.79 Å². The van der Waals surface area contributed by atoms with Gasteiger partial charge in [0, 0.05) is 11.3 Å². The van der Waals surface area contributed by atoms with Gasteiger partial charge in [0.25, 0.3) is 5.91 Å². The van der Waals surface area contributed by atoms with Gasteiger partial charge in [-0.1, -0.05) is 0 Å². The third-order valence-corrected chi connectivity index (χ3v) is 4.88. The van der Waals surface area contributed by atoms with E-state index in [2.05, 4.69) is 5.32 Å². The van der Waals surface area contributed by atoms with Crippen LogP contribution in [0, 0.1) is 5.92 Å². The molecule has 2 aliphatic rings. The summed E-state index contributed by atoms with van der Waals surface area (Å²) >= 11 is 0. The number of hydrogen-bond acceptors (Lipinski definition) is 5. The van der Waals surface area contributed by atoms with E-state index in [1.165, 1.54) is 12.8 Å². The van der Waals surface area contributed by atoms with Crippen molar-refractivity contribution in [2.75, 3.05) is 13.2 Å². The predicted octanol–water partition coefficient (Wildman–Crippen LogP) is 1.67. The summed E-state index contributed by atoms with van der Waals surface area (Å²) in [6.45, 7) is 0.125. The van der Waals surface area contributed by atoms with Gasteiger partial charge in [0.05, 0.1) is 18.8 Å². The van der Waals surface area contributed by atoms with Crippen LogP contribution in [0.5, 0.6) is 5.75 Å². The maximum atomic E-state index is 12.8. The normalized spacial score (nSPS) is 17.9. The molecule has 2 aliphatic carbocycles. The SMILES string of the molecule is NC(=O)[C@H](CO)NC(=O)c1c(C2CC2)oc2ccc(OCC3CC3)cc12. The average Bonchev–Trinajstić information content (AvgIpc) is 3.54. The first-order valence-electron chi connectivity index (χ1n) is 8.97. The van der Waals surface area contributed by atoms with Gasteiger partial charge in [-0.05, 0) is 49.8 Å². The van der Waals surface area contributed by atoms with E-state index in [1.54, 1.807) is 12.1 Å². The summed E-state index contributed by atoms with van der Waals surface area (Å²) < 4.78 is 11.7. The minimum absolute atomic E-state index is 0.208. The lowest BCUT2D eigenvalue weighted by atomic mass is 10.1. The van der Waals surface area contributed by atoms with Crippen LogP contribution in [0.2, 0.25) is 0 Å². The minimum atomic E-state index is -1.13. The Morgan fingerprint density at radius 2 is 2.08 bits per heavy atom. The van der Waals surface area contributed by atoms with Crippen LogP contribution in [0.3, 0.4) is 0 Å². The number of carbonyl (C=O) groups excluding carboxylic acids is 2. The highest BCUT2D eigenvalue weighted by Crippen LogP contribution is 2.45. The summed E-state index contributed by atoms with van der Waals surface area (Å²) in [6, 6.07) is 4.32. The number of nitrogens with one attached hydrogen (secondary N) is 1. The Labute approximate surface area is 150 Å². The second-order valence-corrected chi connectivity index (χ2v) is 7.14. The fourth-order valence-electron chi connectivity index (χ4n) is 2.99. The van der Waals surface area contributed by atoms with Crippen LogP contribution in [-0.4, -0.2) is 36.2 Å². The van der Waals surface area contributed by atoms with Crippen molar-refractivity contribution in [3.63, 3.8) is 0 Å². The molecule has 0 aliphatic heterocycles. The number of hydrogen-bond donors (Lipinski definition) is 3. The maximum Gasteiger partial charge on any atom is 0.256 e. The third-order valence-electron chi connectivity index (χ3n) is 4.88. The van der Waals surface area contributed by atoms with Gasteiger partial charge in [-0.25, -0.2) is 0 Å². The second-order valence-electron chi connectivity index (χ2n) is 7.14. The van der Waals surface area contributed by atoms with Crippen molar-refractivity contribution in [1.29, 1.82) is 0 Å². The first-order valence-corrected chi connectivity index (χ1v) is 8.97. The van der Waals surface area contributed by atoms with Gasteiger partial charge in [0.2, 0.25) is 5.91 Å². The molecule has 7 heteroatoms. The molecule has 0 saturated heterocycles. The molecule has 4 rings (SSSR count). The summed E-state index contributed by atoms with van der Waals surface area (Å²) in [5.41, 5.74) is 6.22. The summed E-state index contributed by atoms with van der Waals surface area (Å²) in [5.74, 6) is 0.895. The van der Waals surface area contributed by atoms with E-state index in [1.807, 2.05) is 6.07 Å². The van der Waals surface area contributed by atoms with Gasteiger partial charge in [-0.3, -0.25) is 9.59 Å². The first kappa shape index (κ1) is 16.9. The lowest BCUT2D eigenvalue weighted by Gasteiger charge is -2.12. The number of fused-ring (bicyclic) bond motifs is 1. The van der Waals surface area contributed by atoms with Crippen LogP contribution in [0.15, 0.2) is 22.6 Å². The van der Waals surface area contributed by atoms with Crippen molar-refractivity contribution in [2.24, 2.45) is 11.7 Å². The number of amides is 2. The van der Waals surface area contributed by atoms with Gasteiger partial charge < -0.3 is 25.3 Å². The molecule has 0 bridgehead atoms. The highest BCUT2D eigenvalue weighted by Gasteiger charge is 2.34. The van der Waals surface area contributed by atoms with Crippen LogP contribution >= 0.6 is 0 Å². The molecule has 0 unspecified atom stereocenters. The zero-order valence-electron chi connectivity index (χ0n) is 14.4. The molecule has 0 radical (unpaired) electrons.